The molecule has 1 fully saturated rings. The highest BCUT2D eigenvalue weighted by Crippen LogP contribution is 2.49. The molecule has 124 valence electrons. The Hall–Kier alpha value is -2.83. The molecule has 1 aliphatic carbocycles. The van der Waals surface area contributed by atoms with Gasteiger partial charge in [-0.3, -0.25) is 9.59 Å². The summed E-state index contributed by atoms with van der Waals surface area (Å²) in [5.74, 6) is -4.70. The fourth-order valence-electron chi connectivity index (χ4n) is 2.70. The van der Waals surface area contributed by atoms with Gasteiger partial charge < -0.3 is 11.1 Å². The first kappa shape index (κ1) is 16.0. The van der Waals surface area contributed by atoms with E-state index in [-0.39, 0.29) is 16.8 Å². The van der Waals surface area contributed by atoms with Crippen LogP contribution >= 0.6 is 0 Å². The number of carbonyl (C=O) groups excluding carboxylic acids is 2. The summed E-state index contributed by atoms with van der Waals surface area (Å²) in [6.45, 7) is 0. The molecule has 0 aromatic heterocycles. The highest BCUT2D eigenvalue weighted by atomic mass is 19.1. The van der Waals surface area contributed by atoms with Gasteiger partial charge in [0.2, 0.25) is 5.91 Å². The van der Waals surface area contributed by atoms with Crippen LogP contribution in [0.15, 0.2) is 36.4 Å². The zero-order valence-electron chi connectivity index (χ0n) is 12.4. The van der Waals surface area contributed by atoms with Crippen LogP contribution < -0.4 is 11.1 Å². The molecule has 0 aliphatic heterocycles. The lowest BCUT2D eigenvalue weighted by Gasteiger charge is -2.08. The Labute approximate surface area is 135 Å². The third-order valence-corrected chi connectivity index (χ3v) is 4.00. The summed E-state index contributed by atoms with van der Waals surface area (Å²) in [4.78, 5) is 23.3. The van der Waals surface area contributed by atoms with E-state index in [1.165, 1.54) is 12.1 Å². The summed E-state index contributed by atoms with van der Waals surface area (Å²) in [6, 6.07) is 6.96. The molecule has 0 bridgehead atoms. The second kappa shape index (κ2) is 5.99. The van der Waals surface area contributed by atoms with Gasteiger partial charge in [-0.15, -0.1) is 0 Å². The van der Waals surface area contributed by atoms with E-state index in [1.54, 1.807) is 0 Å². The van der Waals surface area contributed by atoms with E-state index in [4.69, 9.17) is 5.73 Å². The molecule has 0 unspecified atom stereocenters. The molecular formula is C17H13F3N2O2. The Bertz CT molecular complexity index is 818. The molecule has 1 saturated carbocycles. The van der Waals surface area contributed by atoms with Gasteiger partial charge >= 0.3 is 0 Å². The third kappa shape index (κ3) is 2.97. The Morgan fingerprint density at radius 1 is 1.04 bits per heavy atom. The minimum Gasteiger partial charge on any atom is -0.366 e. The highest BCUT2D eigenvalue weighted by Gasteiger charge is 2.46. The van der Waals surface area contributed by atoms with Crippen molar-refractivity contribution in [2.24, 2.45) is 11.7 Å². The molecule has 0 radical (unpaired) electrons. The van der Waals surface area contributed by atoms with Gasteiger partial charge in [-0.2, -0.15) is 0 Å². The molecule has 0 saturated heterocycles. The second-order valence-electron chi connectivity index (χ2n) is 5.63. The molecule has 2 aromatic rings. The SMILES string of the molecule is NC(=O)c1cc(NC(=O)[C@H]2C[C@H]2c2c(F)cccc2F)ccc1F. The van der Waals surface area contributed by atoms with Crippen molar-refractivity contribution in [3.05, 3.63) is 65.0 Å². The van der Waals surface area contributed by atoms with E-state index in [2.05, 4.69) is 5.32 Å². The zero-order chi connectivity index (χ0) is 17.4. The van der Waals surface area contributed by atoms with Crippen molar-refractivity contribution >= 4 is 17.5 Å². The number of benzene rings is 2. The smallest absolute Gasteiger partial charge is 0.251 e. The van der Waals surface area contributed by atoms with Gasteiger partial charge in [-0.05, 0) is 36.8 Å². The van der Waals surface area contributed by atoms with Gasteiger partial charge in [0, 0.05) is 23.1 Å². The van der Waals surface area contributed by atoms with Crippen molar-refractivity contribution in [1.82, 2.24) is 0 Å². The van der Waals surface area contributed by atoms with Crippen molar-refractivity contribution < 1.29 is 22.8 Å². The molecule has 3 rings (SSSR count). The number of amides is 2. The minimum absolute atomic E-state index is 0.102. The van der Waals surface area contributed by atoms with Crippen molar-refractivity contribution in [1.29, 1.82) is 0 Å². The van der Waals surface area contributed by atoms with Gasteiger partial charge in [0.05, 0.1) is 5.56 Å². The van der Waals surface area contributed by atoms with E-state index in [1.807, 2.05) is 0 Å². The van der Waals surface area contributed by atoms with E-state index < -0.39 is 41.1 Å². The number of anilines is 1. The molecule has 0 heterocycles. The van der Waals surface area contributed by atoms with Crippen LogP contribution in [0.25, 0.3) is 0 Å². The number of rotatable bonds is 4. The Kier molecular flexibility index (Phi) is 4.01. The molecule has 0 spiro atoms. The lowest BCUT2D eigenvalue weighted by Crippen LogP contribution is -2.17. The van der Waals surface area contributed by atoms with Gasteiger partial charge in [0.15, 0.2) is 0 Å². The largest absolute Gasteiger partial charge is 0.366 e. The number of nitrogens with two attached hydrogens (primary N) is 1. The van der Waals surface area contributed by atoms with Crippen LogP contribution in [0.3, 0.4) is 0 Å². The average molecular weight is 334 g/mol. The number of carbonyl (C=O) groups is 2. The summed E-state index contributed by atoms with van der Waals surface area (Å²) in [7, 11) is 0. The van der Waals surface area contributed by atoms with Crippen LogP contribution in [-0.4, -0.2) is 11.8 Å². The topological polar surface area (TPSA) is 72.2 Å². The first-order valence-electron chi connectivity index (χ1n) is 7.22. The fraction of sp³-hybridized carbons (Fsp3) is 0.176. The first-order chi connectivity index (χ1) is 11.4. The van der Waals surface area contributed by atoms with Crippen LogP contribution in [0.2, 0.25) is 0 Å². The lowest BCUT2D eigenvalue weighted by atomic mass is 10.1. The number of nitrogens with one attached hydrogen (secondary N) is 1. The van der Waals surface area contributed by atoms with Crippen molar-refractivity contribution in [2.45, 2.75) is 12.3 Å². The van der Waals surface area contributed by atoms with Crippen LogP contribution in [-0.2, 0) is 4.79 Å². The number of hydrogen-bond acceptors (Lipinski definition) is 2. The van der Waals surface area contributed by atoms with Gasteiger partial charge in [-0.1, -0.05) is 6.07 Å². The molecule has 2 amide bonds. The normalized spacial score (nSPS) is 19.0. The van der Waals surface area contributed by atoms with Crippen LogP contribution in [0.5, 0.6) is 0 Å². The van der Waals surface area contributed by atoms with Crippen molar-refractivity contribution in [3.8, 4) is 0 Å². The maximum Gasteiger partial charge on any atom is 0.251 e. The second-order valence-corrected chi connectivity index (χ2v) is 5.63. The predicted octanol–water partition coefficient (Wildman–Crippen LogP) is 2.95. The number of hydrogen-bond donors (Lipinski definition) is 2. The molecular weight excluding hydrogens is 321 g/mol. The number of halogens is 3. The maximum atomic E-state index is 13.7. The van der Waals surface area contributed by atoms with Crippen molar-refractivity contribution in [2.75, 3.05) is 5.32 Å². The zero-order valence-corrected chi connectivity index (χ0v) is 12.4. The predicted molar refractivity (Wildman–Crippen MR) is 80.8 cm³/mol. The monoisotopic (exact) mass is 334 g/mol. The summed E-state index contributed by atoms with van der Waals surface area (Å²) < 4.78 is 40.9. The van der Waals surface area contributed by atoms with Gasteiger partial charge in [0.25, 0.3) is 5.91 Å². The molecule has 7 heteroatoms. The average Bonchev–Trinajstić information content (AvgIpc) is 3.29. The lowest BCUT2D eigenvalue weighted by molar-refractivity contribution is -0.117. The maximum absolute atomic E-state index is 13.7. The fourth-order valence-corrected chi connectivity index (χ4v) is 2.70. The van der Waals surface area contributed by atoms with Gasteiger partial charge in [0.1, 0.15) is 17.5 Å². The standard InChI is InChI=1S/C17H13F3N2O2/c18-12-5-4-8(6-11(12)16(21)23)22-17(24)10-7-9(10)15-13(19)2-1-3-14(15)20/h1-6,9-10H,7H2,(H2,21,23)(H,22,24)/t9-,10+/m1/s1. The molecule has 3 N–H and O–H groups in total. The van der Waals surface area contributed by atoms with E-state index in [9.17, 15) is 22.8 Å². The Morgan fingerprint density at radius 2 is 1.71 bits per heavy atom. The Morgan fingerprint density at radius 3 is 2.33 bits per heavy atom. The summed E-state index contributed by atoms with van der Waals surface area (Å²) in [6.07, 6.45) is 0.313. The molecule has 2 aromatic carbocycles. The summed E-state index contributed by atoms with van der Waals surface area (Å²) >= 11 is 0. The van der Waals surface area contributed by atoms with Crippen LogP contribution in [0.1, 0.15) is 28.3 Å². The molecule has 1 aliphatic rings. The quantitative estimate of drug-likeness (QED) is 0.902. The first-order valence-corrected chi connectivity index (χ1v) is 7.22. The third-order valence-electron chi connectivity index (χ3n) is 4.00. The molecule has 4 nitrogen and oxygen atoms in total. The highest BCUT2D eigenvalue weighted by molar-refractivity contribution is 5.98. The van der Waals surface area contributed by atoms with Gasteiger partial charge in [-0.25, -0.2) is 13.2 Å². The van der Waals surface area contributed by atoms with E-state index in [0.717, 1.165) is 24.3 Å². The summed E-state index contributed by atoms with van der Waals surface area (Å²) in [5, 5.41) is 2.51. The number of primary amides is 1. The minimum atomic E-state index is -0.957. The van der Waals surface area contributed by atoms with Crippen LogP contribution in [0, 0.1) is 23.4 Å². The van der Waals surface area contributed by atoms with E-state index in [0.29, 0.717) is 6.42 Å². The molecule has 24 heavy (non-hydrogen) atoms. The van der Waals surface area contributed by atoms with Crippen molar-refractivity contribution in [3.63, 3.8) is 0 Å². The molecule has 2 atom stereocenters. The Balaban J connectivity index is 1.74. The summed E-state index contributed by atoms with van der Waals surface area (Å²) in [5.41, 5.74) is 4.78. The van der Waals surface area contributed by atoms with Crippen LogP contribution in [0.4, 0.5) is 18.9 Å². The van der Waals surface area contributed by atoms with E-state index >= 15 is 0 Å².